The Morgan fingerprint density at radius 3 is 2.66 bits per heavy atom. The number of halogens is 1. The molecule has 1 aliphatic rings. The number of rotatable bonds is 7. The maximum absolute atomic E-state index is 12.6. The Hall–Kier alpha value is -2.86. The van der Waals surface area contributed by atoms with Gasteiger partial charge in [-0.05, 0) is 48.4 Å². The molecule has 0 saturated carbocycles. The van der Waals surface area contributed by atoms with E-state index in [1.54, 1.807) is 29.2 Å². The second-order valence-corrected chi connectivity index (χ2v) is 7.53. The second-order valence-electron chi connectivity index (χ2n) is 7.10. The molecule has 29 heavy (non-hydrogen) atoms. The summed E-state index contributed by atoms with van der Waals surface area (Å²) < 4.78 is 0. The Balaban J connectivity index is 1.55. The number of benzene rings is 2. The molecule has 1 heterocycles. The van der Waals surface area contributed by atoms with Crippen LogP contribution in [0.3, 0.4) is 0 Å². The fourth-order valence-electron chi connectivity index (χ4n) is 3.30. The van der Waals surface area contributed by atoms with Gasteiger partial charge in [-0.1, -0.05) is 30.7 Å². The van der Waals surface area contributed by atoms with Crippen LogP contribution in [0.25, 0.3) is 0 Å². The Morgan fingerprint density at radius 2 is 1.93 bits per heavy atom. The topological polar surface area (TPSA) is 78.5 Å². The van der Waals surface area contributed by atoms with Crippen LogP contribution in [0.4, 0.5) is 11.4 Å². The first-order chi connectivity index (χ1) is 14.0. The quantitative estimate of drug-likeness (QED) is 0.725. The summed E-state index contributed by atoms with van der Waals surface area (Å²) in [6.45, 7) is 2.63. The fraction of sp³-hybridized carbons (Fsp3) is 0.318. The molecule has 7 heteroatoms. The van der Waals surface area contributed by atoms with Crippen molar-refractivity contribution in [3.63, 3.8) is 0 Å². The third-order valence-electron chi connectivity index (χ3n) is 4.79. The predicted octanol–water partition coefficient (Wildman–Crippen LogP) is 3.75. The summed E-state index contributed by atoms with van der Waals surface area (Å²) in [4.78, 5) is 38.2. The average Bonchev–Trinajstić information content (AvgIpc) is 3.09. The standard InChI is InChI=1S/C22H24ClN3O3/c1-2-4-20(27)25-18-6-3-5-15(11-18)13-24-22(29)16-12-21(28)26(14-16)19-9-7-17(23)8-10-19/h3,5-11,16H,2,4,12-14H2,1H3,(H,24,29)(H,25,27). The van der Waals surface area contributed by atoms with Crippen molar-refractivity contribution in [1.29, 1.82) is 0 Å². The highest BCUT2D eigenvalue weighted by Gasteiger charge is 2.34. The lowest BCUT2D eigenvalue weighted by atomic mass is 10.1. The van der Waals surface area contributed by atoms with E-state index in [-0.39, 0.29) is 24.1 Å². The van der Waals surface area contributed by atoms with E-state index >= 15 is 0 Å². The molecule has 0 radical (unpaired) electrons. The SMILES string of the molecule is CCCC(=O)Nc1cccc(CNC(=O)C2CC(=O)N(c3ccc(Cl)cc3)C2)c1. The first kappa shape index (κ1) is 20.9. The van der Waals surface area contributed by atoms with Gasteiger partial charge in [0.2, 0.25) is 17.7 Å². The van der Waals surface area contributed by atoms with E-state index in [2.05, 4.69) is 10.6 Å². The van der Waals surface area contributed by atoms with Gasteiger partial charge in [-0.15, -0.1) is 0 Å². The Labute approximate surface area is 175 Å². The smallest absolute Gasteiger partial charge is 0.227 e. The largest absolute Gasteiger partial charge is 0.352 e. The van der Waals surface area contributed by atoms with Crippen LogP contribution in [-0.4, -0.2) is 24.3 Å². The van der Waals surface area contributed by atoms with Gasteiger partial charge in [0.1, 0.15) is 0 Å². The van der Waals surface area contributed by atoms with Gasteiger partial charge in [0.25, 0.3) is 0 Å². The molecule has 0 spiro atoms. The van der Waals surface area contributed by atoms with E-state index < -0.39 is 5.92 Å². The number of carbonyl (C=O) groups excluding carboxylic acids is 3. The van der Waals surface area contributed by atoms with Crippen LogP contribution >= 0.6 is 11.6 Å². The van der Waals surface area contributed by atoms with Crippen molar-refractivity contribution in [2.24, 2.45) is 5.92 Å². The highest BCUT2D eigenvalue weighted by atomic mass is 35.5. The maximum Gasteiger partial charge on any atom is 0.227 e. The van der Waals surface area contributed by atoms with E-state index in [1.165, 1.54) is 0 Å². The lowest BCUT2D eigenvalue weighted by Gasteiger charge is -2.17. The highest BCUT2D eigenvalue weighted by Crippen LogP contribution is 2.26. The lowest BCUT2D eigenvalue weighted by molar-refractivity contribution is -0.126. The molecule has 0 bridgehead atoms. The number of hydrogen-bond donors (Lipinski definition) is 2. The second kappa shape index (κ2) is 9.56. The summed E-state index contributed by atoms with van der Waals surface area (Å²) in [6, 6.07) is 14.4. The highest BCUT2D eigenvalue weighted by molar-refractivity contribution is 6.30. The molecular weight excluding hydrogens is 390 g/mol. The number of hydrogen-bond acceptors (Lipinski definition) is 3. The van der Waals surface area contributed by atoms with Gasteiger partial charge < -0.3 is 15.5 Å². The third-order valence-corrected chi connectivity index (χ3v) is 5.04. The van der Waals surface area contributed by atoms with Crippen molar-refractivity contribution >= 4 is 40.7 Å². The molecule has 1 aliphatic heterocycles. The Morgan fingerprint density at radius 1 is 1.17 bits per heavy atom. The van der Waals surface area contributed by atoms with Crippen LogP contribution in [0.2, 0.25) is 5.02 Å². The van der Waals surface area contributed by atoms with Crippen molar-refractivity contribution in [1.82, 2.24) is 5.32 Å². The minimum absolute atomic E-state index is 0.0274. The summed E-state index contributed by atoms with van der Waals surface area (Å²) in [6.07, 6.45) is 1.44. The molecule has 2 aromatic rings. The fourth-order valence-corrected chi connectivity index (χ4v) is 3.42. The minimum atomic E-state index is -0.398. The summed E-state index contributed by atoms with van der Waals surface area (Å²) in [7, 11) is 0. The summed E-state index contributed by atoms with van der Waals surface area (Å²) in [5.74, 6) is -0.658. The van der Waals surface area contributed by atoms with Crippen LogP contribution in [0.15, 0.2) is 48.5 Å². The zero-order chi connectivity index (χ0) is 20.8. The molecule has 1 saturated heterocycles. The molecule has 1 unspecified atom stereocenters. The van der Waals surface area contributed by atoms with E-state index in [4.69, 9.17) is 11.6 Å². The van der Waals surface area contributed by atoms with Gasteiger partial charge >= 0.3 is 0 Å². The maximum atomic E-state index is 12.6. The molecule has 6 nitrogen and oxygen atoms in total. The van der Waals surface area contributed by atoms with E-state index in [1.807, 2.05) is 31.2 Å². The Kier molecular flexibility index (Phi) is 6.88. The molecule has 1 atom stereocenters. The molecule has 2 aromatic carbocycles. The summed E-state index contributed by atoms with van der Waals surface area (Å²) in [5, 5.41) is 6.34. The van der Waals surface area contributed by atoms with Crippen LogP contribution in [0.5, 0.6) is 0 Å². The van der Waals surface area contributed by atoms with Gasteiger partial charge in [-0.25, -0.2) is 0 Å². The summed E-state index contributed by atoms with van der Waals surface area (Å²) in [5.41, 5.74) is 2.33. The zero-order valence-corrected chi connectivity index (χ0v) is 17.0. The molecule has 0 aliphatic carbocycles. The number of nitrogens with one attached hydrogen (secondary N) is 2. The average molecular weight is 414 g/mol. The van der Waals surface area contributed by atoms with Crippen molar-refractivity contribution in [2.45, 2.75) is 32.7 Å². The van der Waals surface area contributed by atoms with Gasteiger partial charge in [-0.2, -0.15) is 0 Å². The first-order valence-electron chi connectivity index (χ1n) is 9.68. The van der Waals surface area contributed by atoms with Crippen molar-refractivity contribution in [2.75, 3.05) is 16.8 Å². The van der Waals surface area contributed by atoms with Gasteiger partial charge in [-0.3, -0.25) is 14.4 Å². The molecule has 3 amide bonds. The van der Waals surface area contributed by atoms with Crippen LogP contribution in [-0.2, 0) is 20.9 Å². The zero-order valence-electron chi connectivity index (χ0n) is 16.3. The molecule has 3 rings (SSSR count). The third kappa shape index (κ3) is 5.57. The monoisotopic (exact) mass is 413 g/mol. The normalized spacial score (nSPS) is 16.0. The molecule has 1 fully saturated rings. The molecular formula is C22H24ClN3O3. The van der Waals surface area contributed by atoms with Crippen molar-refractivity contribution in [3.8, 4) is 0 Å². The van der Waals surface area contributed by atoms with E-state index in [0.29, 0.717) is 30.2 Å². The molecule has 152 valence electrons. The van der Waals surface area contributed by atoms with Gasteiger partial charge in [0.15, 0.2) is 0 Å². The van der Waals surface area contributed by atoms with Gasteiger partial charge in [0.05, 0.1) is 5.92 Å². The van der Waals surface area contributed by atoms with E-state index in [0.717, 1.165) is 17.7 Å². The van der Waals surface area contributed by atoms with Crippen molar-refractivity contribution in [3.05, 3.63) is 59.1 Å². The van der Waals surface area contributed by atoms with Crippen LogP contribution < -0.4 is 15.5 Å². The first-order valence-corrected chi connectivity index (χ1v) is 10.1. The number of amides is 3. The van der Waals surface area contributed by atoms with Gasteiger partial charge in [0, 0.05) is 42.3 Å². The lowest BCUT2D eigenvalue weighted by Crippen LogP contribution is -2.32. The Bertz CT molecular complexity index is 898. The molecule has 2 N–H and O–H groups in total. The number of carbonyl (C=O) groups is 3. The number of anilines is 2. The van der Waals surface area contributed by atoms with Crippen molar-refractivity contribution < 1.29 is 14.4 Å². The minimum Gasteiger partial charge on any atom is -0.352 e. The van der Waals surface area contributed by atoms with Crippen LogP contribution in [0, 0.1) is 5.92 Å². The molecule has 0 aromatic heterocycles. The number of nitrogens with zero attached hydrogens (tertiary/aromatic N) is 1. The summed E-state index contributed by atoms with van der Waals surface area (Å²) >= 11 is 5.90. The van der Waals surface area contributed by atoms with Crippen LogP contribution in [0.1, 0.15) is 31.7 Å². The predicted molar refractivity (Wildman–Crippen MR) is 114 cm³/mol. The van der Waals surface area contributed by atoms with E-state index in [9.17, 15) is 14.4 Å².